The first-order chi connectivity index (χ1) is 6.61. The predicted molar refractivity (Wildman–Crippen MR) is 53.0 cm³/mol. The van der Waals surface area contributed by atoms with Gasteiger partial charge in [0.15, 0.2) is 0 Å². The molecule has 0 saturated carbocycles. The van der Waals surface area contributed by atoms with Crippen LogP contribution < -0.4 is 10.6 Å². The summed E-state index contributed by atoms with van der Waals surface area (Å²) in [6.45, 7) is 4.86. The van der Waals surface area contributed by atoms with Crippen molar-refractivity contribution in [1.82, 2.24) is 10.6 Å². The number of rotatable bonds is 7. The molecule has 0 radical (unpaired) electrons. The molecule has 0 aliphatic heterocycles. The third-order valence-electron chi connectivity index (χ3n) is 1.92. The topological polar surface area (TPSA) is 78.4 Å². The van der Waals surface area contributed by atoms with Gasteiger partial charge in [0, 0.05) is 6.54 Å². The summed E-state index contributed by atoms with van der Waals surface area (Å²) in [6, 6.07) is 0. The van der Waals surface area contributed by atoms with Crippen molar-refractivity contribution in [2.45, 2.75) is 20.3 Å². The van der Waals surface area contributed by atoms with Crippen LogP contribution in [0.15, 0.2) is 0 Å². The van der Waals surface area contributed by atoms with Crippen LogP contribution in [0, 0.1) is 5.92 Å². The number of amides is 1. The van der Waals surface area contributed by atoms with Crippen LogP contribution in [0.1, 0.15) is 20.3 Å². The van der Waals surface area contributed by atoms with E-state index in [1.54, 1.807) is 6.92 Å². The van der Waals surface area contributed by atoms with E-state index >= 15 is 0 Å². The molecule has 3 N–H and O–H groups in total. The number of carboxylic acids is 1. The molecule has 0 aliphatic carbocycles. The van der Waals surface area contributed by atoms with Crippen molar-refractivity contribution >= 4 is 11.9 Å². The molecule has 0 aliphatic rings. The predicted octanol–water partition coefficient (Wildman–Crippen LogP) is -0.177. The molecule has 0 saturated heterocycles. The lowest BCUT2D eigenvalue weighted by Gasteiger charge is -2.10. The fourth-order valence-electron chi connectivity index (χ4n) is 0.944. The summed E-state index contributed by atoms with van der Waals surface area (Å²) >= 11 is 0. The van der Waals surface area contributed by atoms with Crippen LogP contribution in [0.5, 0.6) is 0 Å². The first-order valence-electron chi connectivity index (χ1n) is 4.82. The number of carboxylic acid groups (broad SMARTS) is 1. The van der Waals surface area contributed by atoms with Crippen molar-refractivity contribution in [2.24, 2.45) is 5.92 Å². The van der Waals surface area contributed by atoms with E-state index in [0.29, 0.717) is 6.42 Å². The summed E-state index contributed by atoms with van der Waals surface area (Å²) in [4.78, 5) is 21.7. The van der Waals surface area contributed by atoms with Crippen LogP contribution in [0.3, 0.4) is 0 Å². The summed E-state index contributed by atoms with van der Waals surface area (Å²) < 4.78 is 0. The van der Waals surface area contributed by atoms with E-state index in [2.05, 4.69) is 10.6 Å². The van der Waals surface area contributed by atoms with Gasteiger partial charge >= 0.3 is 5.97 Å². The first-order valence-corrected chi connectivity index (χ1v) is 4.82. The van der Waals surface area contributed by atoms with E-state index in [9.17, 15) is 9.59 Å². The van der Waals surface area contributed by atoms with Gasteiger partial charge in [0.1, 0.15) is 0 Å². The van der Waals surface area contributed by atoms with Gasteiger partial charge < -0.3 is 15.7 Å². The van der Waals surface area contributed by atoms with Crippen molar-refractivity contribution < 1.29 is 14.7 Å². The molecule has 5 nitrogen and oxygen atoms in total. The normalized spacial score (nSPS) is 12.1. The Labute approximate surface area is 83.9 Å². The van der Waals surface area contributed by atoms with E-state index in [-0.39, 0.29) is 19.0 Å². The van der Waals surface area contributed by atoms with Gasteiger partial charge in [-0.2, -0.15) is 0 Å². The van der Waals surface area contributed by atoms with Gasteiger partial charge in [0.2, 0.25) is 5.91 Å². The highest BCUT2D eigenvalue weighted by atomic mass is 16.4. The maximum Gasteiger partial charge on any atom is 0.308 e. The van der Waals surface area contributed by atoms with Crippen molar-refractivity contribution in [3.8, 4) is 0 Å². The largest absolute Gasteiger partial charge is 0.481 e. The summed E-state index contributed by atoms with van der Waals surface area (Å²) in [5, 5.41) is 14.1. The number of nitrogens with one attached hydrogen (secondary N) is 2. The molecule has 0 heterocycles. The summed E-state index contributed by atoms with van der Waals surface area (Å²) in [5.74, 6) is -1.51. The van der Waals surface area contributed by atoms with Gasteiger partial charge in [0.25, 0.3) is 0 Å². The Hall–Kier alpha value is -1.10. The Bertz CT molecular complexity index is 194. The third-order valence-corrected chi connectivity index (χ3v) is 1.92. The molecule has 0 aromatic carbocycles. The Morgan fingerprint density at radius 1 is 1.36 bits per heavy atom. The lowest BCUT2D eigenvalue weighted by Crippen LogP contribution is -2.38. The lowest BCUT2D eigenvalue weighted by molar-refractivity contribution is -0.141. The molecule has 0 bridgehead atoms. The Balaban J connectivity index is 3.68. The van der Waals surface area contributed by atoms with E-state index in [4.69, 9.17) is 5.11 Å². The van der Waals surface area contributed by atoms with E-state index < -0.39 is 11.9 Å². The molecule has 0 aromatic heterocycles. The van der Waals surface area contributed by atoms with Crippen LogP contribution in [-0.4, -0.2) is 36.6 Å². The minimum Gasteiger partial charge on any atom is -0.481 e. The molecule has 0 aromatic rings. The molecular formula is C9H18N2O3. The molecule has 1 amide bonds. The lowest BCUT2D eigenvalue weighted by atomic mass is 10.1. The van der Waals surface area contributed by atoms with Gasteiger partial charge in [-0.1, -0.05) is 13.8 Å². The maximum absolute atomic E-state index is 11.1. The van der Waals surface area contributed by atoms with Gasteiger partial charge in [-0.05, 0) is 13.0 Å². The number of aliphatic carboxylic acids is 1. The van der Waals surface area contributed by atoms with E-state index in [1.165, 1.54) is 0 Å². The molecule has 82 valence electrons. The zero-order valence-corrected chi connectivity index (χ0v) is 8.67. The summed E-state index contributed by atoms with van der Waals surface area (Å²) in [5.41, 5.74) is 0. The van der Waals surface area contributed by atoms with Crippen LogP contribution in [0.4, 0.5) is 0 Å². The van der Waals surface area contributed by atoms with Gasteiger partial charge in [0.05, 0.1) is 12.5 Å². The second kappa shape index (κ2) is 7.32. The molecule has 14 heavy (non-hydrogen) atoms. The van der Waals surface area contributed by atoms with Gasteiger partial charge in [-0.15, -0.1) is 0 Å². The van der Waals surface area contributed by atoms with Crippen LogP contribution >= 0.6 is 0 Å². The Morgan fingerprint density at radius 3 is 2.43 bits per heavy atom. The molecule has 0 fully saturated rings. The second-order valence-electron chi connectivity index (χ2n) is 3.03. The number of carbonyl (C=O) groups is 2. The average Bonchev–Trinajstić information content (AvgIpc) is 2.15. The van der Waals surface area contributed by atoms with Gasteiger partial charge in [-0.25, -0.2) is 0 Å². The minimum absolute atomic E-state index is 0.161. The second-order valence-corrected chi connectivity index (χ2v) is 3.03. The monoisotopic (exact) mass is 202 g/mol. The molecule has 0 spiro atoms. The number of hydrogen-bond donors (Lipinski definition) is 3. The zero-order chi connectivity index (χ0) is 11.0. The maximum atomic E-state index is 11.1. The zero-order valence-electron chi connectivity index (χ0n) is 8.67. The molecule has 1 unspecified atom stereocenters. The fourth-order valence-corrected chi connectivity index (χ4v) is 0.944. The van der Waals surface area contributed by atoms with Crippen molar-refractivity contribution in [1.29, 1.82) is 0 Å². The summed E-state index contributed by atoms with van der Waals surface area (Å²) in [6.07, 6.45) is 0.525. The fraction of sp³-hybridized carbons (Fsp3) is 0.778. The van der Waals surface area contributed by atoms with Crippen LogP contribution in [0.2, 0.25) is 0 Å². The van der Waals surface area contributed by atoms with Gasteiger partial charge in [-0.3, -0.25) is 9.59 Å². The smallest absolute Gasteiger partial charge is 0.308 e. The molecular weight excluding hydrogens is 184 g/mol. The first kappa shape index (κ1) is 12.9. The molecule has 1 atom stereocenters. The highest BCUT2D eigenvalue weighted by molar-refractivity contribution is 5.79. The Morgan fingerprint density at radius 2 is 2.00 bits per heavy atom. The van der Waals surface area contributed by atoms with E-state index in [1.807, 2.05) is 6.92 Å². The van der Waals surface area contributed by atoms with Crippen molar-refractivity contribution in [3.05, 3.63) is 0 Å². The van der Waals surface area contributed by atoms with Crippen molar-refractivity contribution in [2.75, 3.05) is 19.6 Å². The highest BCUT2D eigenvalue weighted by Crippen LogP contribution is 1.99. The Kier molecular flexibility index (Phi) is 6.74. The number of likely N-dealkylation sites (N-methyl/N-ethyl adjacent to an activating group) is 1. The van der Waals surface area contributed by atoms with Crippen molar-refractivity contribution in [3.63, 3.8) is 0 Å². The third kappa shape index (κ3) is 5.53. The average molecular weight is 202 g/mol. The number of carbonyl (C=O) groups excluding carboxylic acids is 1. The minimum atomic E-state index is -0.865. The number of hydrogen-bond acceptors (Lipinski definition) is 3. The van der Waals surface area contributed by atoms with Crippen LogP contribution in [0.25, 0.3) is 0 Å². The standard InChI is InChI=1S/C9H18N2O3/c1-3-7(9(13)14)5-11-8(12)6-10-4-2/h7,10H,3-6H2,1-2H3,(H,11,12)(H,13,14). The quantitative estimate of drug-likeness (QED) is 0.535. The molecule has 5 heteroatoms. The van der Waals surface area contributed by atoms with Crippen LogP contribution in [-0.2, 0) is 9.59 Å². The SMILES string of the molecule is CCNCC(=O)NCC(CC)C(=O)O. The molecule has 0 rings (SSSR count). The van der Waals surface area contributed by atoms with E-state index in [0.717, 1.165) is 6.54 Å². The highest BCUT2D eigenvalue weighted by Gasteiger charge is 2.15. The summed E-state index contributed by atoms with van der Waals surface area (Å²) in [7, 11) is 0.